The summed E-state index contributed by atoms with van der Waals surface area (Å²) >= 11 is 0. The lowest BCUT2D eigenvalue weighted by atomic mass is 9.58. The fourth-order valence-electron chi connectivity index (χ4n) is 3.93. The maximum Gasteiger partial charge on any atom is 0.333 e. The highest BCUT2D eigenvalue weighted by atomic mass is 16.5. The third-order valence-electron chi connectivity index (χ3n) is 5.68. The minimum absolute atomic E-state index is 0.0591. The van der Waals surface area contributed by atoms with Gasteiger partial charge in [0, 0.05) is 24.0 Å². The minimum atomic E-state index is -1.24. The average Bonchev–Trinajstić information content (AvgIpc) is 2.71. The van der Waals surface area contributed by atoms with Crippen LogP contribution in [-0.2, 0) is 28.6 Å². The molecule has 1 saturated carbocycles. The molecule has 5 atom stereocenters. The first-order valence-corrected chi connectivity index (χ1v) is 9.81. The van der Waals surface area contributed by atoms with E-state index in [2.05, 4.69) is 19.7 Å². The summed E-state index contributed by atoms with van der Waals surface area (Å²) in [5.74, 6) is -3.57. The molecule has 0 radical (unpaired) electrons. The Labute approximate surface area is 182 Å². The summed E-state index contributed by atoms with van der Waals surface area (Å²) in [4.78, 5) is 35.7. The van der Waals surface area contributed by atoms with Gasteiger partial charge in [-0.1, -0.05) is 26.2 Å². The molecule has 0 aliphatic heterocycles. The van der Waals surface area contributed by atoms with Crippen LogP contribution in [0.4, 0.5) is 0 Å². The molecule has 1 rings (SSSR count). The second-order valence-corrected chi connectivity index (χ2v) is 7.87. The molecule has 0 spiro atoms. The van der Waals surface area contributed by atoms with Gasteiger partial charge in [0.25, 0.3) is 0 Å². The van der Waals surface area contributed by atoms with E-state index in [4.69, 9.17) is 14.2 Å². The molecule has 8 nitrogen and oxygen atoms in total. The zero-order chi connectivity index (χ0) is 23.9. The molecule has 1 aliphatic carbocycles. The smallest absolute Gasteiger partial charge is 0.333 e. The number of esters is 3. The highest BCUT2D eigenvalue weighted by molar-refractivity contribution is 5.89. The molecule has 0 unspecified atom stereocenters. The zero-order valence-corrected chi connectivity index (χ0v) is 18.6. The molecule has 0 aromatic carbocycles. The summed E-state index contributed by atoms with van der Waals surface area (Å²) in [5, 5.41) is 20.8. The van der Waals surface area contributed by atoms with Crippen LogP contribution < -0.4 is 0 Å². The Bertz CT molecular complexity index is 780. The van der Waals surface area contributed by atoms with Crippen molar-refractivity contribution < 1.29 is 38.8 Å². The van der Waals surface area contributed by atoms with Crippen LogP contribution in [0.2, 0.25) is 0 Å². The van der Waals surface area contributed by atoms with Gasteiger partial charge in [0.15, 0.2) is 0 Å². The van der Waals surface area contributed by atoms with Crippen molar-refractivity contribution in [2.24, 2.45) is 17.3 Å². The Kier molecular flexibility index (Phi) is 9.40. The third kappa shape index (κ3) is 6.15. The molecule has 31 heavy (non-hydrogen) atoms. The van der Waals surface area contributed by atoms with E-state index in [0.29, 0.717) is 5.57 Å². The zero-order valence-electron chi connectivity index (χ0n) is 18.6. The molecular weight excluding hydrogens is 404 g/mol. The van der Waals surface area contributed by atoms with Crippen molar-refractivity contribution in [3.05, 3.63) is 48.6 Å². The molecule has 172 valence electrons. The van der Waals surface area contributed by atoms with E-state index in [1.54, 1.807) is 13.0 Å². The van der Waals surface area contributed by atoms with Crippen LogP contribution in [0.3, 0.4) is 0 Å². The van der Waals surface area contributed by atoms with Crippen LogP contribution in [0, 0.1) is 17.3 Å². The Morgan fingerprint density at radius 3 is 2.29 bits per heavy atom. The Morgan fingerprint density at radius 2 is 1.81 bits per heavy atom. The summed E-state index contributed by atoms with van der Waals surface area (Å²) in [6.45, 7) is 15.5. The quantitative estimate of drug-likeness (QED) is 0.243. The monoisotopic (exact) mass is 436 g/mol. The third-order valence-corrected chi connectivity index (χ3v) is 5.68. The molecular formula is C23H32O8. The van der Waals surface area contributed by atoms with Crippen molar-refractivity contribution in [1.82, 2.24) is 0 Å². The van der Waals surface area contributed by atoms with Crippen molar-refractivity contribution in [2.75, 3.05) is 20.3 Å². The normalized spacial score (nSPS) is 28.3. The molecule has 0 saturated heterocycles. The van der Waals surface area contributed by atoms with E-state index >= 15 is 0 Å². The van der Waals surface area contributed by atoms with E-state index < -0.39 is 47.4 Å². The summed E-state index contributed by atoms with van der Waals surface area (Å²) < 4.78 is 15.2. The molecule has 0 amide bonds. The number of ether oxygens (including phenoxy) is 3. The predicted octanol–water partition coefficient (Wildman–Crippen LogP) is 1.87. The van der Waals surface area contributed by atoms with E-state index in [1.165, 1.54) is 27.0 Å². The lowest BCUT2D eigenvalue weighted by Gasteiger charge is -2.50. The lowest BCUT2D eigenvalue weighted by molar-refractivity contribution is -0.161. The van der Waals surface area contributed by atoms with Crippen molar-refractivity contribution in [3.8, 4) is 0 Å². The van der Waals surface area contributed by atoms with Gasteiger partial charge in [-0.25, -0.2) is 9.59 Å². The first-order chi connectivity index (χ1) is 14.4. The molecule has 0 heterocycles. The summed E-state index contributed by atoms with van der Waals surface area (Å²) in [5.41, 5.74) is -0.289. The number of methoxy groups -OCH3 is 1. The van der Waals surface area contributed by atoms with Crippen LogP contribution in [0.1, 0.15) is 27.2 Å². The fourth-order valence-corrected chi connectivity index (χ4v) is 3.93. The van der Waals surface area contributed by atoms with E-state index in [1.807, 2.05) is 0 Å². The maximum atomic E-state index is 12.6. The van der Waals surface area contributed by atoms with Gasteiger partial charge < -0.3 is 24.4 Å². The standard InChI is InChI=1S/C23H32O8/c1-8-23(6)11-17(31-21(27)13(2)9-10-30-16(5)25)18(15(4)22(28)29-7)20(26)19(23)14(3)12-24/h8-9,17-20,24,26H,1,3-4,10-12H2,2,5-7H3/b13-9-/t17-,18-,19-,20-,23-/m1/s1. The maximum absolute atomic E-state index is 12.6. The molecule has 0 bridgehead atoms. The topological polar surface area (TPSA) is 119 Å². The molecule has 1 fully saturated rings. The first kappa shape index (κ1) is 26.3. The molecule has 0 aromatic rings. The van der Waals surface area contributed by atoms with Crippen LogP contribution >= 0.6 is 0 Å². The van der Waals surface area contributed by atoms with Crippen molar-refractivity contribution in [1.29, 1.82) is 0 Å². The van der Waals surface area contributed by atoms with Crippen LogP contribution in [0.5, 0.6) is 0 Å². The van der Waals surface area contributed by atoms with Gasteiger partial charge in [-0.2, -0.15) is 0 Å². The average molecular weight is 437 g/mol. The van der Waals surface area contributed by atoms with Gasteiger partial charge in [0.1, 0.15) is 12.7 Å². The van der Waals surface area contributed by atoms with Gasteiger partial charge in [0.2, 0.25) is 0 Å². The summed E-state index contributed by atoms with van der Waals surface area (Å²) in [6, 6.07) is 0. The van der Waals surface area contributed by atoms with Gasteiger partial charge in [0.05, 0.1) is 25.7 Å². The Morgan fingerprint density at radius 1 is 1.19 bits per heavy atom. The van der Waals surface area contributed by atoms with Gasteiger partial charge in [-0.3, -0.25) is 4.79 Å². The van der Waals surface area contributed by atoms with Crippen molar-refractivity contribution in [3.63, 3.8) is 0 Å². The number of hydrogen-bond donors (Lipinski definition) is 2. The van der Waals surface area contributed by atoms with Crippen molar-refractivity contribution >= 4 is 17.9 Å². The predicted molar refractivity (Wildman–Crippen MR) is 114 cm³/mol. The highest BCUT2D eigenvalue weighted by Crippen LogP contribution is 2.50. The molecule has 8 heteroatoms. The molecule has 2 N–H and O–H groups in total. The van der Waals surface area contributed by atoms with Gasteiger partial charge in [-0.15, -0.1) is 6.58 Å². The Hall–Kier alpha value is -2.71. The summed E-state index contributed by atoms with van der Waals surface area (Å²) in [7, 11) is 1.18. The van der Waals surface area contributed by atoms with E-state index in [-0.39, 0.29) is 30.8 Å². The van der Waals surface area contributed by atoms with Crippen LogP contribution in [0.15, 0.2) is 48.6 Å². The second kappa shape index (κ2) is 11.1. The number of hydrogen-bond acceptors (Lipinski definition) is 8. The number of allylic oxidation sites excluding steroid dienone is 1. The van der Waals surface area contributed by atoms with E-state index in [0.717, 1.165) is 0 Å². The number of aliphatic hydroxyl groups is 2. The van der Waals surface area contributed by atoms with Gasteiger partial charge >= 0.3 is 17.9 Å². The number of rotatable bonds is 9. The Balaban J connectivity index is 3.30. The molecule has 1 aliphatic rings. The number of aliphatic hydroxyl groups excluding tert-OH is 2. The number of carbonyl (C=O) groups is 3. The highest BCUT2D eigenvalue weighted by Gasteiger charge is 2.53. The second-order valence-electron chi connectivity index (χ2n) is 7.87. The summed E-state index contributed by atoms with van der Waals surface area (Å²) in [6.07, 6.45) is 1.03. The van der Waals surface area contributed by atoms with E-state index in [9.17, 15) is 24.6 Å². The van der Waals surface area contributed by atoms with Crippen LogP contribution in [-0.4, -0.2) is 60.7 Å². The minimum Gasteiger partial charge on any atom is -0.466 e. The van der Waals surface area contributed by atoms with Crippen molar-refractivity contribution in [2.45, 2.75) is 39.4 Å². The SMILES string of the molecule is C=C[C@]1(C)C[C@@H](OC(=O)/C(C)=C\COC(C)=O)[C@@H](C(=C)C(=O)OC)[C@@H](O)[C@H]1C(=C)CO. The van der Waals surface area contributed by atoms with Gasteiger partial charge in [-0.05, 0) is 30.4 Å². The fraction of sp³-hybridized carbons (Fsp3) is 0.522. The number of carbonyl (C=O) groups excluding carboxylic acids is 3. The largest absolute Gasteiger partial charge is 0.466 e. The molecule has 0 aromatic heterocycles. The first-order valence-electron chi connectivity index (χ1n) is 9.81. The van der Waals surface area contributed by atoms with Crippen LogP contribution in [0.25, 0.3) is 0 Å². The lowest BCUT2D eigenvalue weighted by Crippen LogP contribution is -2.54.